The van der Waals surface area contributed by atoms with Crippen LogP contribution in [0.3, 0.4) is 0 Å². The lowest BCUT2D eigenvalue weighted by Gasteiger charge is -2.04. The lowest BCUT2D eigenvalue weighted by molar-refractivity contribution is 0.0617. The van der Waals surface area contributed by atoms with Crippen LogP contribution in [0, 0.1) is 0 Å². The van der Waals surface area contributed by atoms with Gasteiger partial charge in [-0.1, -0.05) is 24.3 Å². The molecule has 1 aromatic carbocycles. The predicted octanol–water partition coefficient (Wildman–Crippen LogP) is 2.56. The Kier molecular flexibility index (Phi) is 4.23. The average Bonchev–Trinajstić information content (AvgIpc) is 2.96. The van der Waals surface area contributed by atoms with Crippen molar-refractivity contribution in [3.05, 3.63) is 54.2 Å². The molecule has 0 amide bonds. The second-order valence-electron chi connectivity index (χ2n) is 4.68. The first-order valence-corrected chi connectivity index (χ1v) is 6.84. The van der Waals surface area contributed by atoms with Crippen LogP contribution in [0.4, 0.5) is 0 Å². The zero-order valence-electron chi connectivity index (χ0n) is 11.9. The second-order valence-corrected chi connectivity index (χ2v) is 4.68. The van der Waals surface area contributed by atoms with Gasteiger partial charge in [0.15, 0.2) is 11.5 Å². The number of nitrogens with zero attached hydrogens (tertiary/aromatic N) is 3. The Morgan fingerprint density at radius 3 is 2.90 bits per heavy atom. The van der Waals surface area contributed by atoms with E-state index in [0.717, 1.165) is 22.6 Å². The summed E-state index contributed by atoms with van der Waals surface area (Å²) < 4.78 is 12.3. The number of fused-ring (bicyclic) bond motifs is 1. The third kappa shape index (κ3) is 3.26. The van der Waals surface area contributed by atoms with Gasteiger partial charge in [0.05, 0.1) is 19.8 Å². The van der Waals surface area contributed by atoms with Crippen LogP contribution in [-0.2, 0) is 16.1 Å². The zero-order chi connectivity index (χ0) is 14.5. The molecule has 2 heterocycles. The van der Waals surface area contributed by atoms with Gasteiger partial charge in [-0.05, 0) is 23.8 Å². The van der Waals surface area contributed by atoms with Crippen LogP contribution in [0.5, 0.6) is 0 Å². The molecular weight excluding hydrogens is 266 g/mol. The van der Waals surface area contributed by atoms with E-state index < -0.39 is 0 Å². The van der Waals surface area contributed by atoms with Gasteiger partial charge in [0.1, 0.15) is 0 Å². The summed E-state index contributed by atoms with van der Waals surface area (Å²) in [5, 5.41) is 4.48. The van der Waals surface area contributed by atoms with Gasteiger partial charge in [0.25, 0.3) is 0 Å². The molecule has 3 aromatic rings. The number of benzene rings is 1. The maximum Gasteiger partial charge on any atom is 0.182 e. The Morgan fingerprint density at radius 1 is 1.10 bits per heavy atom. The first-order valence-electron chi connectivity index (χ1n) is 6.84. The van der Waals surface area contributed by atoms with Crippen LogP contribution < -0.4 is 0 Å². The van der Waals surface area contributed by atoms with Crippen molar-refractivity contribution < 1.29 is 9.47 Å². The standard InChI is InChI=1S/C16H17N3O2/c1-20-9-10-21-12-13-5-4-6-14(11-13)16-17-15-7-2-3-8-19(15)18-16/h2-8,11H,9-10,12H2,1H3. The summed E-state index contributed by atoms with van der Waals surface area (Å²) in [5.74, 6) is 0.722. The molecule has 5 heteroatoms. The first kappa shape index (κ1) is 13.7. The monoisotopic (exact) mass is 283 g/mol. The molecule has 0 fully saturated rings. The van der Waals surface area contributed by atoms with E-state index in [1.807, 2.05) is 42.6 Å². The third-order valence-electron chi connectivity index (χ3n) is 3.13. The molecule has 0 saturated carbocycles. The number of hydrogen-bond donors (Lipinski definition) is 0. The van der Waals surface area contributed by atoms with Crippen molar-refractivity contribution in [2.45, 2.75) is 6.61 Å². The van der Waals surface area contributed by atoms with Crippen molar-refractivity contribution in [1.29, 1.82) is 0 Å². The largest absolute Gasteiger partial charge is 0.382 e. The van der Waals surface area contributed by atoms with Crippen molar-refractivity contribution in [2.24, 2.45) is 0 Å². The molecule has 5 nitrogen and oxygen atoms in total. The molecule has 0 spiro atoms. The van der Waals surface area contributed by atoms with E-state index in [4.69, 9.17) is 9.47 Å². The summed E-state index contributed by atoms with van der Waals surface area (Å²) in [5.41, 5.74) is 2.93. The highest BCUT2D eigenvalue weighted by Crippen LogP contribution is 2.18. The summed E-state index contributed by atoms with van der Waals surface area (Å²) in [4.78, 5) is 4.52. The molecule has 0 unspecified atom stereocenters. The van der Waals surface area contributed by atoms with Crippen LogP contribution in [-0.4, -0.2) is 34.9 Å². The smallest absolute Gasteiger partial charge is 0.182 e. The molecular formula is C16H17N3O2. The number of pyridine rings is 1. The molecule has 108 valence electrons. The molecule has 2 aromatic heterocycles. The molecule has 0 aliphatic heterocycles. The third-order valence-corrected chi connectivity index (χ3v) is 3.13. The van der Waals surface area contributed by atoms with E-state index >= 15 is 0 Å². The number of aromatic nitrogens is 3. The molecule has 0 bridgehead atoms. The Labute approximate surface area is 123 Å². The fraction of sp³-hybridized carbons (Fsp3) is 0.250. The minimum atomic E-state index is 0.560. The molecule has 3 rings (SSSR count). The molecule has 0 aliphatic rings. The number of methoxy groups -OCH3 is 1. The van der Waals surface area contributed by atoms with Crippen molar-refractivity contribution in [3.8, 4) is 11.4 Å². The maximum absolute atomic E-state index is 5.54. The first-order chi connectivity index (χ1) is 10.4. The molecule has 0 radical (unpaired) electrons. The van der Waals surface area contributed by atoms with Crippen LogP contribution >= 0.6 is 0 Å². The average molecular weight is 283 g/mol. The second kappa shape index (κ2) is 6.47. The quantitative estimate of drug-likeness (QED) is 0.652. The number of ether oxygens (including phenoxy) is 2. The fourth-order valence-corrected chi connectivity index (χ4v) is 2.09. The van der Waals surface area contributed by atoms with Gasteiger partial charge in [-0.15, -0.1) is 5.10 Å². The van der Waals surface area contributed by atoms with Gasteiger partial charge in [-0.2, -0.15) is 0 Å². The highest BCUT2D eigenvalue weighted by atomic mass is 16.5. The summed E-state index contributed by atoms with van der Waals surface area (Å²) in [6, 6.07) is 13.9. The van der Waals surface area contributed by atoms with Crippen molar-refractivity contribution in [3.63, 3.8) is 0 Å². The number of rotatable bonds is 6. The van der Waals surface area contributed by atoms with E-state index in [2.05, 4.69) is 16.1 Å². The summed E-state index contributed by atoms with van der Waals surface area (Å²) in [6.07, 6.45) is 1.89. The van der Waals surface area contributed by atoms with Crippen LogP contribution in [0.25, 0.3) is 17.0 Å². The maximum atomic E-state index is 5.54. The molecule has 0 aliphatic carbocycles. The topological polar surface area (TPSA) is 48.7 Å². The van der Waals surface area contributed by atoms with E-state index in [9.17, 15) is 0 Å². The SMILES string of the molecule is COCCOCc1cccc(-c2nc3ccccn3n2)c1. The molecule has 0 N–H and O–H groups in total. The van der Waals surface area contributed by atoms with E-state index in [1.165, 1.54) is 0 Å². The Hall–Kier alpha value is -2.24. The Bertz CT molecular complexity index is 691. The summed E-state index contributed by atoms with van der Waals surface area (Å²) in [6.45, 7) is 1.76. The molecule has 0 saturated heterocycles. The number of hydrogen-bond acceptors (Lipinski definition) is 4. The Morgan fingerprint density at radius 2 is 2.05 bits per heavy atom. The van der Waals surface area contributed by atoms with Crippen molar-refractivity contribution in [1.82, 2.24) is 14.6 Å². The van der Waals surface area contributed by atoms with Gasteiger partial charge in [0.2, 0.25) is 0 Å². The molecule has 21 heavy (non-hydrogen) atoms. The van der Waals surface area contributed by atoms with E-state index in [1.54, 1.807) is 11.6 Å². The normalized spacial score (nSPS) is 11.1. The van der Waals surface area contributed by atoms with Gasteiger partial charge in [-0.3, -0.25) is 0 Å². The van der Waals surface area contributed by atoms with E-state index in [-0.39, 0.29) is 0 Å². The lowest BCUT2D eigenvalue weighted by Crippen LogP contribution is -2.01. The fourth-order valence-electron chi connectivity index (χ4n) is 2.09. The van der Waals surface area contributed by atoms with Gasteiger partial charge >= 0.3 is 0 Å². The van der Waals surface area contributed by atoms with Crippen LogP contribution in [0.2, 0.25) is 0 Å². The van der Waals surface area contributed by atoms with Gasteiger partial charge < -0.3 is 9.47 Å². The summed E-state index contributed by atoms with van der Waals surface area (Å²) >= 11 is 0. The van der Waals surface area contributed by atoms with Crippen LogP contribution in [0.15, 0.2) is 48.7 Å². The van der Waals surface area contributed by atoms with Crippen LogP contribution in [0.1, 0.15) is 5.56 Å². The van der Waals surface area contributed by atoms with E-state index in [0.29, 0.717) is 19.8 Å². The van der Waals surface area contributed by atoms with Crippen molar-refractivity contribution in [2.75, 3.05) is 20.3 Å². The zero-order valence-corrected chi connectivity index (χ0v) is 11.9. The highest BCUT2D eigenvalue weighted by Gasteiger charge is 2.06. The molecule has 0 atom stereocenters. The predicted molar refractivity (Wildman–Crippen MR) is 80.0 cm³/mol. The Balaban J connectivity index is 1.78. The lowest BCUT2D eigenvalue weighted by atomic mass is 10.1. The van der Waals surface area contributed by atoms with Gasteiger partial charge in [-0.25, -0.2) is 9.50 Å². The van der Waals surface area contributed by atoms with Gasteiger partial charge in [0, 0.05) is 18.9 Å². The van der Waals surface area contributed by atoms with Crippen molar-refractivity contribution >= 4 is 5.65 Å². The summed E-state index contributed by atoms with van der Waals surface area (Å²) in [7, 11) is 1.67. The minimum absolute atomic E-state index is 0.560. The minimum Gasteiger partial charge on any atom is -0.382 e. The highest BCUT2D eigenvalue weighted by molar-refractivity contribution is 5.58.